The normalized spacial score (nSPS) is 17.3. The van der Waals surface area contributed by atoms with Gasteiger partial charge in [0.05, 0.1) is 17.6 Å². The Hall–Kier alpha value is -3.27. The highest BCUT2D eigenvalue weighted by Gasteiger charge is 2.50. The molecule has 278 valence electrons. The van der Waals surface area contributed by atoms with Crippen LogP contribution in [-0.4, -0.2) is 82.9 Å². The van der Waals surface area contributed by atoms with Gasteiger partial charge >= 0.3 is 19.2 Å². The Bertz CT molecular complexity index is 1810. The first-order valence-corrected chi connectivity index (χ1v) is 19.4. The van der Waals surface area contributed by atoms with E-state index < -0.39 is 60.2 Å². The molecule has 12 nitrogen and oxygen atoms in total. The highest BCUT2D eigenvalue weighted by atomic mass is 79.9. The van der Waals surface area contributed by atoms with Gasteiger partial charge in [0.15, 0.2) is 0 Å². The van der Waals surface area contributed by atoms with Gasteiger partial charge in [-0.25, -0.2) is 4.79 Å². The maximum Gasteiger partial charge on any atom is 0.399 e. The third kappa shape index (κ3) is 9.40. The van der Waals surface area contributed by atoms with Crippen molar-refractivity contribution in [1.29, 1.82) is 0 Å². The molecular formula is C34H41BrF2N3O9PS. The molecule has 0 saturated carbocycles. The second-order valence-electron chi connectivity index (χ2n) is 13.2. The van der Waals surface area contributed by atoms with Gasteiger partial charge in [-0.15, -0.1) is 11.3 Å². The van der Waals surface area contributed by atoms with E-state index in [4.69, 9.17) is 19.3 Å². The lowest BCUT2D eigenvalue weighted by Gasteiger charge is -2.36. The number of alkyl halides is 2. The van der Waals surface area contributed by atoms with Gasteiger partial charge in [-0.2, -0.15) is 8.78 Å². The van der Waals surface area contributed by atoms with Gasteiger partial charge in [-0.1, -0.05) is 49.7 Å². The summed E-state index contributed by atoms with van der Waals surface area (Å²) in [5.41, 5.74) is -5.59. The van der Waals surface area contributed by atoms with E-state index in [1.165, 1.54) is 17.0 Å². The fourth-order valence-electron chi connectivity index (χ4n) is 5.70. The lowest BCUT2D eigenvalue weighted by molar-refractivity contribution is -0.150. The van der Waals surface area contributed by atoms with Crippen molar-refractivity contribution >= 4 is 74.3 Å². The van der Waals surface area contributed by atoms with Crippen molar-refractivity contribution in [2.24, 2.45) is 5.41 Å². The number of carbonyl (C=O) groups is 4. The topological polar surface area (TPSA) is 163 Å². The lowest BCUT2D eigenvalue weighted by atomic mass is 9.85. The average molecular weight is 817 g/mol. The molecule has 0 unspecified atom stereocenters. The Balaban J connectivity index is 1.65. The number of likely N-dealkylation sites (tertiary alicyclic amines) is 1. The molecule has 1 fully saturated rings. The molecule has 2 aromatic carbocycles. The quantitative estimate of drug-likeness (QED) is 0.138. The number of thiophene rings is 1. The lowest BCUT2D eigenvalue weighted by Crippen LogP contribution is -2.58. The van der Waals surface area contributed by atoms with Gasteiger partial charge in [0.2, 0.25) is 11.8 Å². The molecule has 1 saturated heterocycles. The van der Waals surface area contributed by atoms with Gasteiger partial charge in [0, 0.05) is 39.9 Å². The molecule has 0 aliphatic carbocycles. The maximum absolute atomic E-state index is 14.5. The average Bonchev–Trinajstić information content (AvgIpc) is 3.69. The fraction of sp³-hybridized carbons (Fsp3) is 0.471. The molecule has 1 aromatic heterocycles. The van der Waals surface area contributed by atoms with Crippen LogP contribution in [0.25, 0.3) is 10.1 Å². The van der Waals surface area contributed by atoms with Crippen LogP contribution in [0.3, 0.4) is 0 Å². The molecule has 3 N–H and O–H groups in total. The molecule has 3 aromatic rings. The molecule has 0 bridgehead atoms. The second-order valence-corrected chi connectivity index (χ2v) is 16.8. The van der Waals surface area contributed by atoms with E-state index in [1.807, 2.05) is 6.92 Å². The molecule has 2 heterocycles. The monoisotopic (exact) mass is 815 g/mol. The fourth-order valence-corrected chi connectivity index (χ4v) is 7.39. The second kappa shape index (κ2) is 16.2. The van der Waals surface area contributed by atoms with Crippen LogP contribution in [0.15, 0.2) is 53.0 Å². The zero-order valence-corrected chi connectivity index (χ0v) is 32.0. The van der Waals surface area contributed by atoms with E-state index in [-0.39, 0.29) is 42.3 Å². The number of hydrogen-bond acceptors (Lipinski definition) is 8. The molecule has 17 heteroatoms. The minimum absolute atomic E-state index is 0.0448. The van der Waals surface area contributed by atoms with E-state index in [2.05, 4.69) is 21.2 Å². The number of amides is 3. The Morgan fingerprint density at radius 3 is 2.35 bits per heavy atom. The van der Waals surface area contributed by atoms with Crippen molar-refractivity contribution in [1.82, 2.24) is 10.2 Å². The molecule has 1 aliphatic heterocycles. The van der Waals surface area contributed by atoms with E-state index in [1.54, 1.807) is 56.9 Å². The number of ether oxygens (including phenoxy) is 2. The number of hydrogen-bond donors (Lipinski definition) is 3. The summed E-state index contributed by atoms with van der Waals surface area (Å²) in [5, 5.41) is 2.93. The summed E-state index contributed by atoms with van der Waals surface area (Å²) in [7, 11) is -5.81. The third-order valence-electron chi connectivity index (χ3n) is 8.27. The first kappa shape index (κ1) is 40.5. The standard InChI is InChI=1S/C34H41BrF2N3O9PS/c1-6-14-39(23-11-9-22(35)10-12-23)31(43)25-17-24(49-19-28(41)48-7-2)18-40(25)32(44)29(33(3,4)5)38-30(42)27-16-20-15-21(8-13-26(20)51-27)34(36,37)50(45,46)47/h8-13,15-16,24-25,29H,6-7,14,17-19H2,1-5H3,(H,38,42)(H2,45,46,47)/t24-,25-,29+/m0/s1. The Kier molecular flexibility index (Phi) is 12.8. The summed E-state index contributed by atoms with van der Waals surface area (Å²) in [6.45, 7) is 8.90. The van der Waals surface area contributed by atoms with Crippen LogP contribution in [0.2, 0.25) is 0 Å². The smallest absolute Gasteiger partial charge is 0.399 e. The highest BCUT2D eigenvalue weighted by molar-refractivity contribution is 9.10. The summed E-state index contributed by atoms with van der Waals surface area (Å²) in [6, 6.07) is 9.36. The largest absolute Gasteiger partial charge is 0.464 e. The van der Waals surface area contributed by atoms with Crippen LogP contribution in [0, 0.1) is 5.41 Å². The van der Waals surface area contributed by atoms with E-state index in [9.17, 15) is 32.5 Å². The number of nitrogens with zero attached hydrogens (tertiary/aromatic N) is 2. The van der Waals surface area contributed by atoms with Crippen LogP contribution in [0.1, 0.15) is 62.7 Å². The summed E-state index contributed by atoms with van der Waals surface area (Å²) < 4.78 is 52.2. The SMILES string of the molecule is CCCN(C(=O)[C@@H]1C[C@H](OCC(=O)OCC)CN1C(=O)[C@@H](NC(=O)c1cc2cc(C(F)(F)P(=O)(O)O)ccc2s1)C(C)(C)C)c1ccc(Br)cc1. The van der Waals surface area contributed by atoms with Gasteiger partial charge in [0.25, 0.3) is 5.91 Å². The van der Waals surface area contributed by atoms with Crippen molar-refractivity contribution in [3.8, 4) is 0 Å². The minimum atomic E-state index is -5.81. The number of carbonyl (C=O) groups excluding carboxylic acids is 4. The zero-order chi connectivity index (χ0) is 37.9. The number of halogens is 3. The molecule has 1 aliphatic rings. The molecular weight excluding hydrogens is 775 g/mol. The first-order valence-electron chi connectivity index (χ1n) is 16.2. The van der Waals surface area contributed by atoms with Crippen molar-refractivity contribution in [3.63, 3.8) is 0 Å². The number of fused-ring (bicyclic) bond motifs is 1. The van der Waals surface area contributed by atoms with Crippen LogP contribution < -0.4 is 10.2 Å². The summed E-state index contributed by atoms with van der Waals surface area (Å²) in [5.74, 6) is -2.20. The predicted octanol–water partition coefficient (Wildman–Crippen LogP) is 6.03. The molecule has 0 radical (unpaired) electrons. The van der Waals surface area contributed by atoms with Gasteiger partial charge in [0.1, 0.15) is 18.7 Å². The van der Waals surface area contributed by atoms with Crippen LogP contribution in [0.4, 0.5) is 14.5 Å². The molecule has 51 heavy (non-hydrogen) atoms. The van der Waals surface area contributed by atoms with Crippen molar-refractivity contribution in [2.75, 3.05) is 31.2 Å². The molecule has 3 amide bonds. The zero-order valence-electron chi connectivity index (χ0n) is 28.7. The Morgan fingerprint density at radius 2 is 1.76 bits per heavy atom. The number of anilines is 1. The number of rotatable bonds is 13. The summed E-state index contributed by atoms with van der Waals surface area (Å²) in [6.07, 6.45) is 0.0169. The number of nitrogens with one attached hydrogen (secondary N) is 1. The summed E-state index contributed by atoms with van der Waals surface area (Å²) >= 11 is 4.36. The number of benzene rings is 2. The van der Waals surface area contributed by atoms with Gasteiger partial charge in [-0.3, -0.25) is 18.9 Å². The minimum Gasteiger partial charge on any atom is -0.464 e. The van der Waals surface area contributed by atoms with Crippen molar-refractivity contribution < 1.29 is 51.8 Å². The predicted molar refractivity (Wildman–Crippen MR) is 192 cm³/mol. The summed E-state index contributed by atoms with van der Waals surface area (Å²) in [4.78, 5) is 75.9. The third-order valence-corrected chi connectivity index (χ3v) is 10.9. The number of esters is 1. The van der Waals surface area contributed by atoms with Gasteiger partial charge < -0.3 is 34.4 Å². The van der Waals surface area contributed by atoms with E-state index >= 15 is 0 Å². The van der Waals surface area contributed by atoms with Crippen molar-refractivity contribution in [2.45, 2.75) is 71.3 Å². The van der Waals surface area contributed by atoms with Crippen LogP contribution in [-0.2, 0) is 34.1 Å². The highest BCUT2D eigenvalue weighted by Crippen LogP contribution is 2.59. The van der Waals surface area contributed by atoms with E-state index in [0.717, 1.165) is 27.9 Å². The Labute approximate surface area is 306 Å². The Morgan fingerprint density at radius 1 is 1.10 bits per heavy atom. The van der Waals surface area contributed by atoms with E-state index in [0.29, 0.717) is 23.4 Å². The first-order chi connectivity index (χ1) is 23.8. The maximum atomic E-state index is 14.5. The molecule has 4 rings (SSSR count). The van der Waals surface area contributed by atoms with Gasteiger partial charge in [-0.05, 0) is 66.6 Å². The van der Waals surface area contributed by atoms with Crippen molar-refractivity contribution in [3.05, 3.63) is 63.4 Å². The van der Waals surface area contributed by atoms with Crippen LogP contribution >= 0.6 is 34.9 Å². The van der Waals surface area contributed by atoms with Crippen LogP contribution in [0.5, 0.6) is 0 Å². The molecule has 3 atom stereocenters. The molecule has 0 spiro atoms.